The second-order valence-corrected chi connectivity index (χ2v) is 8.51. The van der Waals surface area contributed by atoms with Gasteiger partial charge in [-0.25, -0.2) is 14.4 Å². The van der Waals surface area contributed by atoms with Gasteiger partial charge in [-0.3, -0.25) is 9.69 Å². The van der Waals surface area contributed by atoms with E-state index in [2.05, 4.69) is 30.1 Å². The molecule has 3 heterocycles. The number of halogens is 1. The van der Waals surface area contributed by atoms with Crippen molar-refractivity contribution in [2.24, 2.45) is 0 Å². The van der Waals surface area contributed by atoms with Crippen molar-refractivity contribution in [2.75, 3.05) is 43.5 Å². The molecule has 19 heteroatoms. The molecule has 1 aromatic carbocycles. The van der Waals surface area contributed by atoms with Crippen molar-refractivity contribution < 1.29 is 120 Å². The molecule has 15 nitrogen and oxygen atoms in total. The Hall–Kier alpha value is -2.24. The van der Waals surface area contributed by atoms with Crippen LogP contribution in [-0.2, 0) is 13.9 Å². The Morgan fingerprint density at radius 3 is 2.38 bits per heavy atom. The molecule has 0 spiro atoms. The van der Waals surface area contributed by atoms with E-state index in [0.717, 1.165) is 12.1 Å². The van der Waals surface area contributed by atoms with E-state index in [9.17, 15) is 23.5 Å². The number of pyridine rings is 1. The fraction of sp³-hybridized carbons (Fsp3) is 0.304. The second-order valence-electron chi connectivity index (χ2n) is 7.44. The van der Waals surface area contributed by atoms with Crippen LogP contribution in [-0.4, -0.2) is 54.5 Å². The Morgan fingerprint density at radius 1 is 1.14 bits per heavy atom. The summed E-state index contributed by atoms with van der Waals surface area (Å²) in [6.45, 7) is -11.8. The molecule has 1 aliphatic heterocycles. The van der Waals surface area contributed by atoms with Crippen LogP contribution in [0.25, 0.3) is 0 Å². The van der Waals surface area contributed by atoms with Crippen LogP contribution in [0.4, 0.5) is 33.5 Å². The van der Waals surface area contributed by atoms with Crippen LogP contribution in [0.5, 0.6) is 23.0 Å². The zero-order valence-corrected chi connectivity index (χ0v) is 27.4. The van der Waals surface area contributed by atoms with Crippen molar-refractivity contribution in [3.63, 3.8) is 0 Å². The summed E-state index contributed by atoms with van der Waals surface area (Å²) >= 11 is 0. The zero-order valence-electron chi connectivity index (χ0n) is 32.5. The first kappa shape index (κ1) is 23.2. The summed E-state index contributed by atoms with van der Waals surface area (Å²) < 4.78 is 131. The Balaban J connectivity index is 0.00000468. The Bertz CT molecular complexity index is 1850. The molecule has 0 unspecified atom stereocenters. The minimum Gasteiger partial charge on any atom is -0.790 e. The van der Waals surface area contributed by atoms with Crippen molar-refractivity contribution in [3.8, 4) is 23.0 Å². The van der Waals surface area contributed by atoms with E-state index in [0.29, 0.717) is 6.20 Å². The number of aromatic nitrogens is 3. The molecule has 0 radical (unpaired) electrons. The molecule has 0 aliphatic carbocycles. The standard InChI is InChI=1S/C23H26FN6O9P.2Na/c1-23(2)21(31)30(11-38-40(32,33)34)20-14(39-23)6-7-17(28-20)27-19-13(24)10-25-22(29-19)26-12-8-15(35-3)18(37-5)16(9-12)36-4;;/h6-10H,11H2,1-5H3,(H2,32,33,34)(H2,25,26,27,28,29);;/q;2*+1/p-2/i1D3,2D3,8D,9D,11D2;;. The maximum absolute atomic E-state index is 14.9. The number of amides is 1. The molecule has 3 aromatic rings. The molecular formula is C23H24FN6Na2O9P. The van der Waals surface area contributed by atoms with Gasteiger partial charge in [-0.2, -0.15) is 4.98 Å². The average Bonchev–Trinajstić information content (AvgIpc) is 2.97. The number of ether oxygens (including phenoxy) is 4. The Morgan fingerprint density at radius 2 is 1.81 bits per heavy atom. The number of methoxy groups -OCH3 is 3. The molecule has 2 N–H and O–H groups in total. The monoisotopic (exact) mass is 634 g/mol. The summed E-state index contributed by atoms with van der Waals surface area (Å²) in [4.78, 5) is 47.5. The van der Waals surface area contributed by atoms with Gasteiger partial charge < -0.3 is 48.5 Å². The number of fused-ring (bicyclic) bond motifs is 1. The number of nitrogens with one attached hydrogen (secondary N) is 2. The van der Waals surface area contributed by atoms with Crippen molar-refractivity contribution >= 4 is 42.8 Å². The number of phosphoric acid groups is 1. The number of anilines is 5. The number of phosphoric ester groups is 1. The van der Waals surface area contributed by atoms with E-state index in [-0.39, 0.29) is 82.1 Å². The molecule has 1 aliphatic rings. The first-order chi connectivity index (χ1) is 22.9. The summed E-state index contributed by atoms with van der Waals surface area (Å²) in [5.41, 5.74) is -4.12. The fourth-order valence-corrected chi connectivity index (χ4v) is 3.32. The maximum atomic E-state index is 14.9. The summed E-state index contributed by atoms with van der Waals surface area (Å²) in [5, 5.41) is 4.92. The van der Waals surface area contributed by atoms with Gasteiger partial charge in [0.25, 0.3) is 5.91 Å². The first-order valence-corrected chi connectivity index (χ1v) is 12.0. The van der Waals surface area contributed by atoms with Gasteiger partial charge in [0.1, 0.15) is 12.5 Å². The molecule has 42 heavy (non-hydrogen) atoms. The van der Waals surface area contributed by atoms with Crippen LogP contribution < -0.4 is 103 Å². The van der Waals surface area contributed by atoms with Gasteiger partial charge in [-0.15, -0.1) is 0 Å². The smallest absolute Gasteiger partial charge is 0.790 e. The number of benzene rings is 1. The second kappa shape index (κ2) is 14.5. The topological polar surface area (TPSA) is 192 Å². The summed E-state index contributed by atoms with van der Waals surface area (Å²) in [7, 11) is -2.58. The molecule has 0 saturated heterocycles. The van der Waals surface area contributed by atoms with Gasteiger partial charge in [0, 0.05) is 26.0 Å². The number of hydrogen-bond donors (Lipinski definition) is 2. The predicted molar refractivity (Wildman–Crippen MR) is 135 cm³/mol. The molecule has 0 fully saturated rings. The number of carbonyl (C=O) groups is 1. The number of rotatable bonds is 10. The van der Waals surface area contributed by atoms with Crippen LogP contribution in [0.1, 0.15) is 27.4 Å². The third-order valence-corrected chi connectivity index (χ3v) is 5.10. The first-order valence-electron chi connectivity index (χ1n) is 15.6. The van der Waals surface area contributed by atoms with Gasteiger partial charge in [0.05, 0.1) is 40.8 Å². The molecular weight excluding hydrogens is 600 g/mol. The van der Waals surface area contributed by atoms with Gasteiger partial charge in [0.15, 0.2) is 40.3 Å². The quantitative estimate of drug-likeness (QED) is 0.161. The van der Waals surface area contributed by atoms with E-state index in [1.807, 2.05) is 0 Å². The molecule has 0 atom stereocenters. The van der Waals surface area contributed by atoms with E-state index in [4.69, 9.17) is 32.7 Å². The van der Waals surface area contributed by atoms with E-state index >= 15 is 0 Å². The summed E-state index contributed by atoms with van der Waals surface area (Å²) in [6, 6.07) is 0.909. The molecule has 4 rings (SSSR count). The third-order valence-electron chi connectivity index (χ3n) is 4.79. The van der Waals surface area contributed by atoms with Gasteiger partial charge in [-0.05, 0) is 25.8 Å². The van der Waals surface area contributed by atoms with Gasteiger partial charge in [0.2, 0.25) is 11.7 Å². The normalized spacial score (nSPS) is 18.0. The Kier molecular flexibility index (Phi) is 8.00. The fourth-order valence-electron chi connectivity index (χ4n) is 3.14. The molecule has 0 bridgehead atoms. The minimum absolute atomic E-state index is 0. The molecule has 214 valence electrons. The van der Waals surface area contributed by atoms with Crippen molar-refractivity contribution in [3.05, 3.63) is 36.2 Å². The maximum Gasteiger partial charge on any atom is 1.00 e. The van der Waals surface area contributed by atoms with Gasteiger partial charge in [-0.1, -0.05) is 0 Å². The molecule has 2 aromatic heterocycles. The van der Waals surface area contributed by atoms with Gasteiger partial charge >= 0.3 is 59.1 Å². The SMILES string of the molecule is [2H]c1c(Nc2ncc(F)c(Nc3ccc4c(n3)N(C([2H])([2H])OP(=O)([O-])[O-])C(=O)C(C([2H])([2H])[2H])(C([2H])([2H])[2H])O4)n2)c([2H])c(OC)c(OC)c1OC.[Na+].[Na+]. The largest absolute Gasteiger partial charge is 1.00 e. The molecule has 0 saturated carbocycles. The van der Waals surface area contributed by atoms with E-state index < -0.39 is 91.7 Å². The van der Waals surface area contributed by atoms with E-state index in [1.54, 1.807) is 0 Å². The zero-order chi connectivity index (χ0) is 37.8. The Labute approximate surface area is 298 Å². The van der Waals surface area contributed by atoms with Crippen molar-refractivity contribution in [2.45, 2.75) is 19.3 Å². The third kappa shape index (κ3) is 8.23. The number of hydrogen-bond acceptors (Lipinski definition) is 14. The van der Waals surface area contributed by atoms with Crippen LogP contribution in [0, 0.1) is 5.82 Å². The molecule has 1 amide bonds. The van der Waals surface area contributed by atoms with Crippen LogP contribution in [0.15, 0.2) is 30.4 Å². The predicted octanol–water partition coefficient (Wildman–Crippen LogP) is -4.16. The number of carbonyl (C=O) groups excluding carboxylic acids is 1. The average molecular weight is 634 g/mol. The van der Waals surface area contributed by atoms with Crippen LogP contribution >= 0.6 is 7.82 Å². The van der Waals surface area contributed by atoms with Crippen LogP contribution in [0.2, 0.25) is 0 Å². The van der Waals surface area contributed by atoms with Crippen LogP contribution in [0.3, 0.4) is 0 Å². The number of nitrogens with zero attached hydrogens (tertiary/aromatic N) is 4. The van der Waals surface area contributed by atoms with Crippen molar-refractivity contribution in [1.29, 1.82) is 0 Å². The summed E-state index contributed by atoms with van der Waals surface area (Å²) in [6.07, 6.45) is 0.647. The minimum atomic E-state index is -6.30. The summed E-state index contributed by atoms with van der Waals surface area (Å²) in [5.74, 6) is -7.35. The van der Waals surface area contributed by atoms with Crippen molar-refractivity contribution in [1.82, 2.24) is 15.0 Å². The van der Waals surface area contributed by atoms with E-state index in [1.165, 1.54) is 21.3 Å².